The Morgan fingerprint density at radius 3 is 2.12 bits per heavy atom. The van der Waals surface area contributed by atoms with Gasteiger partial charge in [-0.15, -0.1) is 15.3 Å². The quantitative estimate of drug-likeness (QED) is 0.260. The fourth-order valence-corrected chi connectivity index (χ4v) is 2.54. The van der Waals surface area contributed by atoms with Gasteiger partial charge in [0.05, 0.1) is 21.3 Å². The standard InChI is InChI=1S/C15H7Cl3F3N5/c16-9-5-11(17)14(12(18)6-9)26-25-13(7-22)24-23-10-3-1-8(2-4-10)15(19,20)21/h1-6,23H/b24-13+,26-25?. The van der Waals surface area contributed by atoms with E-state index in [2.05, 4.69) is 20.8 Å². The Balaban J connectivity index is 2.15. The van der Waals surface area contributed by atoms with Crippen LogP contribution < -0.4 is 5.43 Å². The molecule has 0 aliphatic rings. The van der Waals surface area contributed by atoms with E-state index >= 15 is 0 Å². The molecule has 0 heterocycles. The molecule has 0 saturated heterocycles. The lowest BCUT2D eigenvalue weighted by Gasteiger charge is -2.07. The number of benzene rings is 2. The molecule has 2 aromatic carbocycles. The number of halogens is 6. The van der Waals surface area contributed by atoms with Crippen LogP contribution in [0.15, 0.2) is 51.7 Å². The van der Waals surface area contributed by atoms with E-state index in [-0.39, 0.29) is 21.4 Å². The molecule has 0 amide bonds. The van der Waals surface area contributed by atoms with E-state index < -0.39 is 17.6 Å². The monoisotopic (exact) mass is 419 g/mol. The molecule has 26 heavy (non-hydrogen) atoms. The van der Waals surface area contributed by atoms with E-state index in [1.807, 2.05) is 0 Å². The Hall–Kier alpha value is -2.34. The molecular weight excluding hydrogens is 414 g/mol. The van der Waals surface area contributed by atoms with Crippen molar-refractivity contribution in [1.82, 2.24) is 0 Å². The van der Waals surface area contributed by atoms with Gasteiger partial charge in [0.1, 0.15) is 11.8 Å². The van der Waals surface area contributed by atoms with Gasteiger partial charge in [-0.05, 0) is 36.4 Å². The summed E-state index contributed by atoms with van der Waals surface area (Å²) in [6, 6.07) is 8.52. The second-order valence-corrected chi connectivity index (χ2v) is 5.90. The first-order chi connectivity index (χ1) is 12.2. The maximum Gasteiger partial charge on any atom is 0.416 e. The molecule has 0 atom stereocenters. The average Bonchev–Trinajstić information content (AvgIpc) is 2.56. The van der Waals surface area contributed by atoms with E-state index in [0.717, 1.165) is 24.3 Å². The summed E-state index contributed by atoms with van der Waals surface area (Å²) in [4.78, 5) is 0. The molecule has 5 nitrogen and oxygen atoms in total. The number of rotatable bonds is 3. The number of nitriles is 1. The second kappa shape index (κ2) is 8.36. The smallest absolute Gasteiger partial charge is 0.276 e. The normalized spacial score (nSPS) is 12.3. The van der Waals surface area contributed by atoms with Crippen LogP contribution in [0.1, 0.15) is 5.56 Å². The summed E-state index contributed by atoms with van der Waals surface area (Å²) in [6.07, 6.45) is -4.44. The lowest BCUT2D eigenvalue weighted by molar-refractivity contribution is -0.137. The van der Waals surface area contributed by atoms with Gasteiger partial charge in [-0.3, -0.25) is 5.43 Å². The number of nitrogens with zero attached hydrogens (tertiary/aromatic N) is 4. The van der Waals surface area contributed by atoms with Crippen molar-refractivity contribution in [3.63, 3.8) is 0 Å². The number of azo groups is 1. The maximum atomic E-state index is 12.5. The van der Waals surface area contributed by atoms with E-state index in [9.17, 15) is 13.2 Å². The molecule has 0 aliphatic heterocycles. The van der Waals surface area contributed by atoms with Gasteiger partial charge in [0.2, 0.25) is 0 Å². The van der Waals surface area contributed by atoms with E-state index in [4.69, 9.17) is 40.1 Å². The molecule has 0 spiro atoms. The largest absolute Gasteiger partial charge is 0.416 e. The van der Waals surface area contributed by atoms with Crippen LogP contribution in [0.25, 0.3) is 0 Å². The minimum Gasteiger partial charge on any atom is -0.276 e. The predicted octanol–water partition coefficient (Wildman–Crippen LogP) is 6.70. The van der Waals surface area contributed by atoms with Crippen LogP contribution in [-0.2, 0) is 6.18 Å². The van der Waals surface area contributed by atoms with Crippen molar-refractivity contribution in [2.75, 3.05) is 5.43 Å². The molecule has 0 aromatic heterocycles. The van der Waals surface area contributed by atoms with Crippen LogP contribution in [0.4, 0.5) is 24.5 Å². The number of hydrogen-bond donors (Lipinski definition) is 1. The van der Waals surface area contributed by atoms with Crippen molar-refractivity contribution in [3.8, 4) is 6.07 Å². The van der Waals surface area contributed by atoms with Crippen molar-refractivity contribution >= 4 is 52.0 Å². The lowest BCUT2D eigenvalue weighted by atomic mass is 10.2. The van der Waals surface area contributed by atoms with Gasteiger partial charge in [-0.2, -0.15) is 18.4 Å². The highest BCUT2D eigenvalue weighted by atomic mass is 35.5. The van der Waals surface area contributed by atoms with Crippen molar-refractivity contribution in [2.24, 2.45) is 15.3 Å². The molecule has 11 heteroatoms. The summed E-state index contributed by atoms with van der Waals surface area (Å²) < 4.78 is 37.5. The second-order valence-electron chi connectivity index (χ2n) is 4.65. The van der Waals surface area contributed by atoms with Crippen LogP contribution in [0, 0.1) is 11.3 Å². The molecule has 0 radical (unpaired) electrons. The summed E-state index contributed by atoms with van der Waals surface area (Å²) >= 11 is 17.6. The predicted molar refractivity (Wildman–Crippen MR) is 94.1 cm³/mol. The third-order valence-corrected chi connectivity index (χ3v) is 3.62. The van der Waals surface area contributed by atoms with Crippen molar-refractivity contribution in [2.45, 2.75) is 6.18 Å². The number of amidine groups is 1. The summed E-state index contributed by atoms with van der Waals surface area (Å²) in [5.41, 5.74) is 1.92. The van der Waals surface area contributed by atoms with Crippen LogP contribution in [0.2, 0.25) is 15.1 Å². The Morgan fingerprint density at radius 1 is 1.04 bits per heavy atom. The Labute approximate surface area is 160 Å². The van der Waals surface area contributed by atoms with Crippen LogP contribution in [-0.4, -0.2) is 5.84 Å². The summed E-state index contributed by atoms with van der Waals surface area (Å²) in [6.45, 7) is 0. The lowest BCUT2D eigenvalue weighted by Crippen LogP contribution is -2.04. The summed E-state index contributed by atoms with van der Waals surface area (Å²) in [5, 5.41) is 20.5. The molecule has 0 saturated carbocycles. The molecule has 0 aliphatic carbocycles. The topological polar surface area (TPSA) is 72.9 Å². The first-order valence-electron chi connectivity index (χ1n) is 6.68. The van der Waals surface area contributed by atoms with Gasteiger partial charge in [0.25, 0.3) is 5.84 Å². The zero-order chi connectivity index (χ0) is 19.3. The average molecular weight is 421 g/mol. The summed E-state index contributed by atoms with van der Waals surface area (Å²) in [7, 11) is 0. The third kappa shape index (κ3) is 5.33. The van der Waals surface area contributed by atoms with Gasteiger partial charge in [0, 0.05) is 5.02 Å². The fourth-order valence-electron chi connectivity index (χ4n) is 1.65. The highest BCUT2D eigenvalue weighted by Crippen LogP contribution is 2.36. The molecule has 0 fully saturated rings. The number of nitrogens with one attached hydrogen (secondary N) is 1. The highest BCUT2D eigenvalue weighted by molar-refractivity contribution is 6.41. The van der Waals surface area contributed by atoms with Crippen molar-refractivity contribution < 1.29 is 13.2 Å². The zero-order valence-electron chi connectivity index (χ0n) is 12.5. The molecule has 134 valence electrons. The minimum absolute atomic E-state index is 0.0928. The highest BCUT2D eigenvalue weighted by Gasteiger charge is 2.29. The SMILES string of the molecule is N#C/C(N=Nc1c(Cl)cc(Cl)cc1Cl)=N\Nc1ccc(C(F)(F)F)cc1. The molecule has 2 rings (SSSR count). The van der Waals surface area contributed by atoms with Crippen LogP contribution >= 0.6 is 34.8 Å². The van der Waals surface area contributed by atoms with E-state index in [1.54, 1.807) is 6.07 Å². The van der Waals surface area contributed by atoms with Gasteiger partial charge >= 0.3 is 6.18 Å². The Morgan fingerprint density at radius 2 is 1.62 bits per heavy atom. The van der Waals surface area contributed by atoms with Gasteiger partial charge in [-0.1, -0.05) is 34.8 Å². The molecule has 2 aromatic rings. The van der Waals surface area contributed by atoms with Gasteiger partial charge in [-0.25, -0.2) is 0 Å². The Bertz CT molecular complexity index is 879. The zero-order valence-corrected chi connectivity index (χ0v) is 14.8. The van der Waals surface area contributed by atoms with Crippen molar-refractivity contribution in [1.29, 1.82) is 5.26 Å². The van der Waals surface area contributed by atoms with Crippen LogP contribution in [0.3, 0.4) is 0 Å². The molecule has 0 bridgehead atoms. The minimum atomic E-state index is -4.44. The van der Waals surface area contributed by atoms with Crippen LogP contribution in [0.5, 0.6) is 0 Å². The number of alkyl halides is 3. The van der Waals surface area contributed by atoms with Gasteiger partial charge in [0.15, 0.2) is 0 Å². The molecule has 0 unspecified atom stereocenters. The van der Waals surface area contributed by atoms with E-state index in [1.165, 1.54) is 12.1 Å². The number of anilines is 1. The number of hydrazone groups is 1. The van der Waals surface area contributed by atoms with Gasteiger partial charge < -0.3 is 0 Å². The molecule has 1 N–H and O–H groups in total. The third-order valence-electron chi connectivity index (χ3n) is 2.83. The number of hydrogen-bond acceptors (Lipinski definition) is 4. The van der Waals surface area contributed by atoms with E-state index in [0.29, 0.717) is 5.02 Å². The maximum absolute atomic E-state index is 12.5. The fraction of sp³-hybridized carbons (Fsp3) is 0.0667. The first kappa shape index (κ1) is 20.0. The van der Waals surface area contributed by atoms with Crippen molar-refractivity contribution in [3.05, 3.63) is 57.0 Å². The summed E-state index contributed by atoms with van der Waals surface area (Å²) in [5.74, 6) is -0.396. The first-order valence-corrected chi connectivity index (χ1v) is 7.81. The molecular formula is C15H7Cl3F3N5. The Kier molecular flexibility index (Phi) is 6.42.